The van der Waals surface area contributed by atoms with Crippen LogP contribution in [0.2, 0.25) is 0 Å². The Morgan fingerprint density at radius 2 is 2.00 bits per heavy atom. The van der Waals surface area contributed by atoms with Crippen molar-refractivity contribution in [3.05, 3.63) is 58.5 Å². The third-order valence-corrected chi connectivity index (χ3v) is 6.05. The number of hydrogen-bond acceptors (Lipinski definition) is 5. The first-order valence-corrected chi connectivity index (χ1v) is 9.76. The fourth-order valence-corrected chi connectivity index (χ4v) is 4.85. The van der Waals surface area contributed by atoms with Gasteiger partial charge in [0, 0.05) is 51.1 Å². The molecule has 1 aromatic carbocycles. The monoisotopic (exact) mass is 384 g/mol. The highest BCUT2D eigenvalue weighted by Crippen LogP contribution is 2.39. The highest BCUT2D eigenvalue weighted by Gasteiger charge is 2.32. The molecule has 2 aromatic heterocycles. The van der Waals surface area contributed by atoms with E-state index in [4.69, 9.17) is 0 Å². The molecule has 5 nitrogen and oxygen atoms in total. The zero-order valence-corrected chi connectivity index (χ0v) is 16.2. The zero-order chi connectivity index (χ0) is 19.0. The summed E-state index contributed by atoms with van der Waals surface area (Å²) in [5, 5.41) is 0. The number of carbonyl (C=O) groups excluding carboxylic acids is 1. The van der Waals surface area contributed by atoms with Crippen LogP contribution in [0.3, 0.4) is 0 Å². The molecule has 4 rings (SSSR count). The molecule has 0 aliphatic carbocycles. The average molecular weight is 384 g/mol. The number of likely N-dealkylation sites (tertiary alicyclic amines) is 1. The second kappa shape index (κ2) is 7.32. The molecule has 1 fully saturated rings. The minimum Gasteiger partial charge on any atom is -0.344 e. The van der Waals surface area contributed by atoms with E-state index in [0.29, 0.717) is 0 Å². The SMILES string of the molecule is CN(C)C(=O)c1sc2nccnc2c1C1CCN(Cc2ccc(F)cc2)C1. The van der Waals surface area contributed by atoms with E-state index in [1.807, 2.05) is 12.1 Å². The third kappa shape index (κ3) is 3.57. The van der Waals surface area contributed by atoms with Crippen molar-refractivity contribution in [3.63, 3.8) is 0 Å². The summed E-state index contributed by atoms with van der Waals surface area (Å²) in [5.74, 6) is 0.0368. The molecule has 3 heterocycles. The highest BCUT2D eigenvalue weighted by atomic mass is 32.1. The van der Waals surface area contributed by atoms with Crippen LogP contribution in [0.5, 0.6) is 0 Å². The summed E-state index contributed by atoms with van der Waals surface area (Å²) in [5.41, 5.74) is 2.97. The number of aromatic nitrogens is 2. The summed E-state index contributed by atoms with van der Waals surface area (Å²) in [7, 11) is 3.54. The van der Waals surface area contributed by atoms with Gasteiger partial charge in [0.05, 0.1) is 4.88 Å². The summed E-state index contributed by atoms with van der Waals surface area (Å²) >= 11 is 1.43. The quantitative estimate of drug-likeness (QED) is 0.691. The molecule has 1 aliphatic heterocycles. The highest BCUT2D eigenvalue weighted by molar-refractivity contribution is 7.20. The molecule has 1 amide bonds. The number of fused-ring (bicyclic) bond motifs is 1. The molecular weight excluding hydrogens is 363 g/mol. The van der Waals surface area contributed by atoms with Gasteiger partial charge in [0.25, 0.3) is 5.91 Å². The molecule has 1 unspecified atom stereocenters. The van der Waals surface area contributed by atoms with Crippen molar-refractivity contribution in [2.75, 3.05) is 27.2 Å². The predicted molar refractivity (Wildman–Crippen MR) is 104 cm³/mol. The number of thiophene rings is 1. The van der Waals surface area contributed by atoms with Crippen LogP contribution < -0.4 is 0 Å². The van der Waals surface area contributed by atoms with Gasteiger partial charge in [-0.05, 0) is 30.7 Å². The normalized spacial score (nSPS) is 17.5. The minimum atomic E-state index is -0.215. The standard InChI is InChI=1S/C20H21FN4OS/c1-24(2)20(26)18-16(17-19(27-18)23-9-8-22-17)14-7-10-25(12-14)11-13-3-5-15(21)6-4-13/h3-6,8-9,14H,7,10-12H2,1-2H3. The average Bonchev–Trinajstić information content (AvgIpc) is 3.26. The van der Waals surface area contributed by atoms with E-state index in [2.05, 4.69) is 14.9 Å². The van der Waals surface area contributed by atoms with Crippen molar-refractivity contribution in [1.29, 1.82) is 0 Å². The van der Waals surface area contributed by atoms with Crippen molar-refractivity contribution in [3.8, 4) is 0 Å². The first kappa shape index (κ1) is 18.0. The van der Waals surface area contributed by atoms with Crippen LogP contribution in [0.25, 0.3) is 10.3 Å². The number of carbonyl (C=O) groups is 1. The topological polar surface area (TPSA) is 49.3 Å². The van der Waals surface area contributed by atoms with E-state index in [1.165, 1.54) is 23.5 Å². The van der Waals surface area contributed by atoms with E-state index < -0.39 is 0 Å². The maximum atomic E-state index is 13.1. The summed E-state index contributed by atoms with van der Waals surface area (Å²) in [6, 6.07) is 6.65. The van der Waals surface area contributed by atoms with Gasteiger partial charge in [0.2, 0.25) is 0 Å². The summed E-state index contributed by atoms with van der Waals surface area (Å²) in [4.78, 5) is 27.2. The molecule has 1 atom stereocenters. The fourth-order valence-electron chi connectivity index (χ4n) is 3.64. The Balaban J connectivity index is 1.61. The summed E-state index contributed by atoms with van der Waals surface area (Å²) in [6.45, 7) is 2.57. The summed E-state index contributed by atoms with van der Waals surface area (Å²) in [6.07, 6.45) is 4.33. The van der Waals surface area contributed by atoms with Crippen LogP contribution in [0.1, 0.15) is 33.1 Å². The van der Waals surface area contributed by atoms with Gasteiger partial charge in [-0.25, -0.2) is 9.37 Å². The molecule has 0 bridgehead atoms. The number of hydrogen-bond donors (Lipinski definition) is 0. The Kier molecular flexibility index (Phi) is 4.88. The van der Waals surface area contributed by atoms with E-state index in [9.17, 15) is 9.18 Å². The van der Waals surface area contributed by atoms with Crippen molar-refractivity contribution < 1.29 is 9.18 Å². The Bertz CT molecular complexity index is 970. The van der Waals surface area contributed by atoms with Gasteiger partial charge >= 0.3 is 0 Å². The van der Waals surface area contributed by atoms with Gasteiger partial charge in [0.1, 0.15) is 16.2 Å². The number of amides is 1. The van der Waals surface area contributed by atoms with Crippen LogP contribution in [-0.2, 0) is 6.54 Å². The van der Waals surface area contributed by atoms with E-state index >= 15 is 0 Å². The number of rotatable bonds is 4. The number of benzene rings is 1. The molecule has 7 heteroatoms. The van der Waals surface area contributed by atoms with Crippen LogP contribution in [0.15, 0.2) is 36.7 Å². The van der Waals surface area contributed by atoms with Gasteiger partial charge in [-0.2, -0.15) is 0 Å². The Labute approximate surface area is 161 Å². The van der Waals surface area contributed by atoms with E-state index in [0.717, 1.165) is 52.4 Å². The molecule has 140 valence electrons. The molecule has 1 aliphatic rings. The maximum absolute atomic E-state index is 13.1. The lowest BCUT2D eigenvalue weighted by Gasteiger charge is -2.17. The van der Waals surface area contributed by atoms with Gasteiger partial charge in [-0.3, -0.25) is 14.7 Å². The van der Waals surface area contributed by atoms with Crippen molar-refractivity contribution in [2.24, 2.45) is 0 Å². The lowest BCUT2D eigenvalue weighted by atomic mass is 9.97. The van der Waals surface area contributed by atoms with Gasteiger partial charge in [-0.1, -0.05) is 12.1 Å². The number of halogens is 1. The smallest absolute Gasteiger partial charge is 0.263 e. The lowest BCUT2D eigenvalue weighted by molar-refractivity contribution is 0.0831. The second-order valence-corrected chi connectivity index (χ2v) is 8.10. The van der Waals surface area contributed by atoms with E-state index in [1.54, 1.807) is 31.4 Å². The Morgan fingerprint density at radius 3 is 2.74 bits per heavy atom. The van der Waals surface area contributed by atoms with Gasteiger partial charge in [0.15, 0.2) is 0 Å². The Morgan fingerprint density at radius 1 is 1.26 bits per heavy atom. The Hall–Kier alpha value is -2.38. The lowest BCUT2D eigenvalue weighted by Crippen LogP contribution is -2.23. The molecule has 0 radical (unpaired) electrons. The predicted octanol–water partition coefficient (Wildman–Crippen LogP) is 3.52. The van der Waals surface area contributed by atoms with Gasteiger partial charge in [-0.15, -0.1) is 11.3 Å². The van der Waals surface area contributed by atoms with Crippen molar-refractivity contribution in [2.45, 2.75) is 18.9 Å². The second-order valence-electron chi connectivity index (χ2n) is 7.10. The van der Waals surface area contributed by atoms with Crippen LogP contribution in [0, 0.1) is 5.82 Å². The first-order chi connectivity index (χ1) is 13.0. The fraction of sp³-hybridized carbons (Fsp3) is 0.350. The minimum absolute atomic E-state index is 0.00628. The van der Waals surface area contributed by atoms with Crippen LogP contribution in [0.4, 0.5) is 4.39 Å². The van der Waals surface area contributed by atoms with Crippen molar-refractivity contribution >= 4 is 27.6 Å². The first-order valence-electron chi connectivity index (χ1n) is 8.95. The van der Waals surface area contributed by atoms with E-state index in [-0.39, 0.29) is 17.6 Å². The van der Waals surface area contributed by atoms with Gasteiger partial charge < -0.3 is 4.90 Å². The maximum Gasteiger partial charge on any atom is 0.263 e. The third-order valence-electron chi connectivity index (χ3n) is 4.96. The zero-order valence-electron chi connectivity index (χ0n) is 15.4. The van der Waals surface area contributed by atoms with Crippen LogP contribution >= 0.6 is 11.3 Å². The summed E-state index contributed by atoms with van der Waals surface area (Å²) < 4.78 is 13.1. The molecular formula is C20H21FN4OS. The van der Waals surface area contributed by atoms with Crippen LogP contribution in [-0.4, -0.2) is 52.9 Å². The molecule has 0 saturated carbocycles. The molecule has 27 heavy (non-hydrogen) atoms. The number of nitrogens with zero attached hydrogens (tertiary/aromatic N) is 4. The molecule has 3 aromatic rings. The molecule has 0 spiro atoms. The van der Waals surface area contributed by atoms with Crippen molar-refractivity contribution in [1.82, 2.24) is 19.8 Å². The molecule has 0 N–H and O–H groups in total. The largest absolute Gasteiger partial charge is 0.344 e. The molecule has 1 saturated heterocycles.